The van der Waals surface area contributed by atoms with Crippen LogP contribution in [0.4, 0.5) is 0 Å². The van der Waals surface area contributed by atoms with Crippen molar-refractivity contribution in [1.29, 1.82) is 0 Å². The van der Waals surface area contributed by atoms with Crippen molar-refractivity contribution in [3.63, 3.8) is 0 Å². The van der Waals surface area contributed by atoms with Gasteiger partial charge in [-0.3, -0.25) is 4.79 Å². The molecule has 1 atom stereocenters. The topological polar surface area (TPSA) is 66.8 Å². The molecule has 4 heteroatoms. The van der Waals surface area contributed by atoms with Gasteiger partial charge in [-0.1, -0.05) is 13.8 Å². The third-order valence-corrected chi connectivity index (χ3v) is 1.65. The highest BCUT2D eigenvalue weighted by atomic mass is 16.7. The molecule has 0 aromatic heterocycles. The van der Waals surface area contributed by atoms with E-state index in [1.165, 1.54) is 0 Å². The number of ether oxygens (including phenoxy) is 1. The van der Waals surface area contributed by atoms with Crippen molar-refractivity contribution in [3.8, 4) is 0 Å². The molecule has 4 nitrogen and oxygen atoms in total. The minimum atomic E-state index is -1.68. The molecule has 0 heterocycles. The van der Waals surface area contributed by atoms with Crippen LogP contribution in [0.3, 0.4) is 0 Å². The first-order chi connectivity index (χ1) is 6.08. The van der Waals surface area contributed by atoms with Crippen LogP contribution in [0.2, 0.25) is 0 Å². The summed E-state index contributed by atoms with van der Waals surface area (Å²) in [6, 6.07) is 0. The fourth-order valence-electron chi connectivity index (χ4n) is 1.02. The molecule has 0 aromatic carbocycles. The first kappa shape index (κ1) is 12.4. The van der Waals surface area contributed by atoms with Crippen LogP contribution in [-0.2, 0) is 9.53 Å². The summed E-state index contributed by atoms with van der Waals surface area (Å²) in [6.45, 7) is 3.14. The first-order valence-electron chi connectivity index (χ1n) is 4.63. The Morgan fingerprint density at radius 2 is 2.00 bits per heavy atom. The average Bonchev–Trinajstić information content (AvgIpc) is 2.05. The van der Waals surface area contributed by atoms with E-state index < -0.39 is 18.4 Å². The number of aliphatic hydroxyl groups excluding tert-OH is 1. The van der Waals surface area contributed by atoms with Crippen LogP contribution in [0.25, 0.3) is 0 Å². The third kappa shape index (κ3) is 4.85. The van der Waals surface area contributed by atoms with E-state index in [0.717, 1.165) is 0 Å². The average molecular weight is 190 g/mol. The molecule has 0 aliphatic rings. The number of esters is 1. The van der Waals surface area contributed by atoms with Gasteiger partial charge < -0.3 is 14.9 Å². The standard InChI is InChI=1S/C9H18O4/c1-3-5-8(11)13-9(12,7-10)6-4-2/h10,12H,3-7H2,1-2H3. The van der Waals surface area contributed by atoms with Crippen molar-refractivity contribution in [1.82, 2.24) is 0 Å². The SMILES string of the molecule is CCCC(=O)OC(O)(CO)CCC. The fourth-order valence-corrected chi connectivity index (χ4v) is 1.02. The Balaban J connectivity index is 4.02. The van der Waals surface area contributed by atoms with Gasteiger partial charge >= 0.3 is 5.97 Å². The Hall–Kier alpha value is -0.610. The zero-order valence-electron chi connectivity index (χ0n) is 8.25. The lowest BCUT2D eigenvalue weighted by Gasteiger charge is -2.25. The second-order valence-electron chi connectivity index (χ2n) is 3.08. The van der Waals surface area contributed by atoms with Gasteiger partial charge in [0.25, 0.3) is 0 Å². The number of hydrogen-bond donors (Lipinski definition) is 2. The summed E-state index contributed by atoms with van der Waals surface area (Å²) in [7, 11) is 0. The van der Waals surface area contributed by atoms with Crippen LogP contribution in [0.15, 0.2) is 0 Å². The summed E-state index contributed by atoms with van der Waals surface area (Å²) in [5, 5.41) is 18.3. The first-order valence-corrected chi connectivity index (χ1v) is 4.63. The highest BCUT2D eigenvalue weighted by Crippen LogP contribution is 2.15. The third-order valence-electron chi connectivity index (χ3n) is 1.65. The molecule has 0 aromatic rings. The van der Waals surface area contributed by atoms with Crippen LogP contribution in [0, 0.1) is 0 Å². The Morgan fingerprint density at radius 1 is 1.38 bits per heavy atom. The molecule has 0 aliphatic carbocycles. The summed E-state index contributed by atoms with van der Waals surface area (Å²) in [6.07, 6.45) is 1.86. The summed E-state index contributed by atoms with van der Waals surface area (Å²) < 4.78 is 4.73. The summed E-state index contributed by atoms with van der Waals surface area (Å²) in [4.78, 5) is 11.0. The Bertz CT molecular complexity index is 158. The van der Waals surface area contributed by atoms with Crippen LogP contribution in [0.1, 0.15) is 39.5 Å². The molecule has 78 valence electrons. The normalized spacial score (nSPS) is 15.1. The molecule has 0 spiro atoms. The van der Waals surface area contributed by atoms with Crippen LogP contribution >= 0.6 is 0 Å². The Morgan fingerprint density at radius 3 is 2.38 bits per heavy atom. The van der Waals surface area contributed by atoms with Gasteiger partial charge in [0.15, 0.2) is 0 Å². The number of aliphatic hydroxyl groups is 2. The predicted molar refractivity (Wildman–Crippen MR) is 47.9 cm³/mol. The van der Waals surface area contributed by atoms with E-state index in [2.05, 4.69) is 0 Å². The quantitative estimate of drug-likeness (QED) is 0.480. The molecular formula is C9H18O4. The molecule has 0 saturated heterocycles. The molecule has 13 heavy (non-hydrogen) atoms. The van der Waals surface area contributed by atoms with Crippen LogP contribution in [-0.4, -0.2) is 28.6 Å². The molecule has 0 amide bonds. The largest absolute Gasteiger partial charge is 0.431 e. The maximum absolute atomic E-state index is 11.0. The van der Waals surface area contributed by atoms with Crippen molar-refractivity contribution in [3.05, 3.63) is 0 Å². The zero-order chi connectivity index (χ0) is 10.3. The molecule has 0 saturated carbocycles. The second-order valence-corrected chi connectivity index (χ2v) is 3.08. The lowest BCUT2D eigenvalue weighted by Crippen LogP contribution is -2.38. The zero-order valence-corrected chi connectivity index (χ0v) is 8.25. The molecule has 2 N–H and O–H groups in total. The van der Waals surface area contributed by atoms with Gasteiger partial charge in [-0.15, -0.1) is 0 Å². The maximum atomic E-state index is 11.0. The summed E-state index contributed by atoms with van der Waals surface area (Å²) in [5.74, 6) is -2.14. The summed E-state index contributed by atoms with van der Waals surface area (Å²) in [5.41, 5.74) is 0. The number of rotatable bonds is 6. The fraction of sp³-hybridized carbons (Fsp3) is 0.889. The molecule has 0 fully saturated rings. The Labute approximate surface area is 78.5 Å². The van der Waals surface area contributed by atoms with Crippen LogP contribution in [0.5, 0.6) is 0 Å². The van der Waals surface area contributed by atoms with E-state index in [9.17, 15) is 9.90 Å². The lowest BCUT2D eigenvalue weighted by molar-refractivity contribution is -0.225. The monoisotopic (exact) mass is 190 g/mol. The van der Waals surface area contributed by atoms with Gasteiger partial charge in [0.1, 0.15) is 6.61 Å². The minimum absolute atomic E-state index is 0.263. The lowest BCUT2D eigenvalue weighted by atomic mass is 10.1. The van der Waals surface area contributed by atoms with Crippen molar-refractivity contribution < 1.29 is 19.7 Å². The van der Waals surface area contributed by atoms with Gasteiger partial charge in [0, 0.05) is 12.8 Å². The van der Waals surface area contributed by atoms with Gasteiger partial charge in [-0.2, -0.15) is 0 Å². The molecule has 0 aliphatic heterocycles. The van der Waals surface area contributed by atoms with Crippen molar-refractivity contribution in [2.75, 3.05) is 6.61 Å². The number of carbonyl (C=O) groups excluding carboxylic acids is 1. The van der Waals surface area contributed by atoms with E-state index in [4.69, 9.17) is 9.84 Å². The van der Waals surface area contributed by atoms with E-state index in [1.54, 1.807) is 0 Å². The van der Waals surface area contributed by atoms with E-state index in [-0.39, 0.29) is 12.8 Å². The van der Waals surface area contributed by atoms with E-state index >= 15 is 0 Å². The molecule has 0 bridgehead atoms. The molecule has 0 rings (SSSR count). The van der Waals surface area contributed by atoms with Gasteiger partial charge in [-0.25, -0.2) is 0 Å². The van der Waals surface area contributed by atoms with Gasteiger partial charge in [0.2, 0.25) is 5.79 Å². The maximum Gasteiger partial charge on any atom is 0.308 e. The second kappa shape index (κ2) is 5.94. The molecular weight excluding hydrogens is 172 g/mol. The van der Waals surface area contributed by atoms with Crippen molar-refractivity contribution in [2.45, 2.75) is 45.3 Å². The van der Waals surface area contributed by atoms with Crippen molar-refractivity contribution in [2.24, 2.45) is 0 Å². The molecule has 1 unspecified atom stereocenters. The van der Waals surface area contributed by atoms with Gasteiger partial charge in [-0.05, 0) is 12.8 Å². The molecule has 0 radical (unpaired) electrons. The highest BCUT2D eigenvalue weighted by Gasteiger charge is 2.29. The number of hydrogen-bond acceptors (Lipinski definition) is 4. The minimum Gasteiger partial charge on any atom is -0.431 e. The van der Waals surface area contributed by atoms with Crippen LogP contribution < -0.4 is 0 Å². The van der Waals surface area contributed by atoms with E-state index in [0.29, 0.717) is 12.8 Å². The van der Waals surface area contributed by atoms with E-state index in [1.807, 2.05) is 13.8 Å². The number of carbonyl (C=O) groups is 1. The van der Waals surface area contributed by atoms with Gasteiger partial charge in [0.05, 0.1) is 0 Å². The smallest absolute Gasteiger partial charge is 0.308 e. The Kier molecular flexibility index (Phi) is 5.66. The highest BCUT2D eigenvalue weighted by molar-refractivity contribution is 5.69. The summed E-state index contributed by atoms with van der Waals surface area (Å²) >= 11 is 0. The van der Waals surface area contributed by atoms with Crippen molar-refractivity contribution >= 4 is 5.97 Å². The predicted octanol–water partition coefficient (Wildman–Crippen LogP) is 0.811.